The first-order valence-electron chi connectivity index (χ1n) is 12.7. The van der Waals surface area contributed by atoms with Crippen molar-refractivity contribution in [2.75, 3.05) is 36.4 Å². The topological polar surface area (TPSA) is 87.7 Å². The van der Waals surface area contributed by atoms with Crippen LogP contribution in [0.25, 0.3) is 0 Å². The average Bonchev–Trinajstić information content (AvgIpc) is 2.86. The van der Waals surface area contributed by atoms with Gasteiger partial charge in [-0.05, 0) is 87.7 Å². The number of carbonyl (C=O) groups excluding carboxylic acids is 2. The molecule has 1 N–H and O–H groups in total. The highest BCUT2D eigenvalue weighted by atomic mass is 32.2. The molecule has 0 atom stereocenters. The van der Waals surface area contributed by atoms with Gasteiger partial charge >= 0.3 is 6.09 Å². The minimum absolute atomic E-state index is 0.177. The van der Waals surface area contributed by atoms with Crippen molar-refractivity contribution < 1.29 is 14.3 Å². The van der Waals surface area contributed by atoms with Gasteiger partial charge in [0, 0.05) is 50.0 Å². The molecule has 0 bridgehead atoms. The molecule has 38 heavy (non-hydrogen) atoms. The predicted octanol–water partition coefficient (Wildman–Crippen LogP) is 5.70. The van der Waals surface area contributed by atoms with E-state index in [1.165, 1.54) is 11.8 Å². The van der Waals surface area contributed by atoms with Crippen LogP contribution in [0.1, 0.15) is 47.8 Å². The molecule has 1 aliphatic rings. The number of ether oxygens (including phenoxy) is 1. The maximum Gasteiger partial charge on any atom is 0.410 e. The number of anilines is 2. The Morgan fingerprint density at radius 3 is 2.37 bits per heavy atom. The molecule has 1 saturated heterocycles. The third kappa shape index (κ3) is 7.47. The van der Waals surface area contributed by atoms with Crippen LogP contribution in [-0.4, -0.2) is 58.6 Å². The monoisotopic (exact) mass is 533 g/mol. The van der Waals surface area contributed by atoms with E-state index in [1.807, 2.05) is 52.8 Å². The number of benzene rings is 1. The van der Waals surface area contributed by atoms with Crippen LogP contribution in [0.15, 0.2) is 59.9 Å². The Morgan fingerprint density at radius 1 is 0.974 bits per heavy atom. The molecule has 0 saturated carbocycles. The molecule has 4 rings (SSSR count). The number of amides is 2. The molecule has 2 aromatic heterocycles. The SMILES string of the molecule is Cc1cc(C)cc(NC(=O)c2cccnc2SCc2ccnc(N3CCN(C(=O)OC(C)(C)C)CC3)c2)c1. The molecular formula is C29H35N5O3S. The molecule has 2 amide bonds. The molecule has 0 spiro atoms. The molecule has 8 nitrogen and oxygen atoms in total. The van der Waals surface area contributed by atoms with Crippen LogP contribution in [0.4, 0.5) is 16.3 Å². The number of hydrogen-bond acceptors (Lipinski definition) is 7. The number of piperazine rings is 1. The van der Waals surface area contributed by atoms with Crippen LogP contribution in [0.3, 0.4) is 0 Å². The van der Waals surface area contributed by atoms with E-state index in [0.717, 1.165) is 28.2 Å². The highest BCUT2D eigenvalue weighted by Crippen LogP contribution is 2.27. The Hall–Kier alpha value is -3.59. The van der Waals surface area contributed by atoms with E-state index in [9.17, 15) is 9.59 Å². The maximum absolute atomic E-state index is 13.1. The minimum atomic E-state index is -0.504. The number of pyridine rings is 2. The van der Waals surface area contributed by atoms with E-state index >= 15 is 0 Å². The van der Waals surface area contributed by atoms with Crippen LogP contribution in [0.2, 0.25) is 0 Å². The van der Waals surface area contributed by atoms with Gasteiger partial charge in [0.25, 0.3) is 5.91 Å². The van der Waals surface area contributed by atoms with E-state index in [-0.39, 0.29) is 12.0 Å². The van der Waals surface area contributed by atoms with Crippen LogP contribution in [0, 0.1) is 13.8 Å². The number of carbonyl (C=O) groups is 2. The van der Waals surface area contributed by atoms with Crippen molar-refractivity contribution >= 4 is 35.3 Å². The van der Waals surface area contributed by atoms with Crippen LogP contribution in [0.5, 0.6) is 0 Å². The van der Waals surface area contributed by atoms with Gasteiger partial charge in [0.1, 0.15) is 16.4 Å². The summed E-state index contributed by atoms with van der Waals surface area (Å²) in [5.41, 5.74) is 4.10. The summed E-state index contributed by atoms with van der Waals surface area (Å²) in [5.74, 6) is 1.35. The zero-order valence-electron chi connectivity index (χ0n) is 22.7. The fourth-order valence-corrected chi connectivity index (χ4v) is 5.18. The van der Waals surface area contributed by atoms with Gasteiger partial charge in [0.05, 0.1) is 5.56 Å². The summed E-state index contributed by atoms with van der Waals surface area (Å²) in [6.45, 7) is 12.2. The number of thioether (sulfide) groups is 1. The summed E-state index contributed by atoms with van der Waals surface area (Å²) in [6, 6.07) is 13.6. The summed E-state index contributed by atoms with van der Waals surface area (Å²) in [5, 5.41) is 3.69. The van der Waals surface area contributed by atoms with Gasteiger partial charge in [0.2, 0.25) is 0 Å². The lowest BCUT2D eigenvalue weighted by molar-refractivity contribution is 0.0240. The van der Waals surface area contributed by atoms with E-state index in [1.54, 1.807) is 29.4 Å². The van der Waals surface area contributed by atoms with E-state index in [4.69, 9.17) is 4.74 Å². The third-order valence-electron chi connectivity index (χ3n) is 5.94. The second-order valence-corrected chi connectivity index (χ2v) is 11.4. The van der Waals surface area contributed by atoms with Gasteiger partial charge in [-0.15, -0.1) is 11.8 Å². The summed E-state index contributed by atoms with van der Waals surface area (Å²) in [6.07, 6.45) is 3.23. The van der Waals surface area contributed by atoms with Gasteiger partial charge in [-0.3, -0.25) is 4.79 Å². The van der Waals surface area contributed by atoms with Crippen molar-refractivity contribution in [1.29, 1.82) is 0 Å². The number of hydrogen-bond donors (Lipinski definition) is 1. The molecule has 0 aliphatic carbocycles. The molecule has 200 valence electrons. The van der Waals surface area contributed by atoms with Crippen LogP contribution < -0.4 is 10.2 Å². The fraction of sp³-hybridized carbons (Fsp3) is 0.379. The van der Waals surface area contributed by atoms with E-state index in [0.29, 0.717) is 42.5 Å². The Kier molecular flexibility index (Phi) is 8.56. The average molecular weight is 534 g/mol. The van der Waals surface area contributed by atoms with E-state index < -0.39 is 5.60 Å². The Morgan fingerprint density at radius 2 is 1.68 bits per heavy atom. The summed E-state index contributed by atoms with van der Waals surface area (Å²) in [7, 11) is 0. The van der Waals surface area contributed by atoms with Gasteiger partial charge in [-0.2, -0.15) is 0 Å². The first-order chi connectivity index (χ1) is 18.1. The zero-order chi connectivity index (χ0) is 27.3. The van der Waals surface area contributed by atoms with Crippen molar-refractivity contribution in [3.8, 4) is 0 Å². The van der Waals surface area contributed by atoms with Crippen LogP contribution >= 0.6 is 11.8 Å². The first kappa shape index (κ1) is 27.4. The molecule has 1 aliphatic heterocycles. The molecule has 0 unspecified atom stereocenters. The third-order valence-corrected chi connectivity index (χ3v) is 7.01. The van der Waals surface area contributed by atoms with Gasteiger partial charge in [-0.25, -0.2) is 14.8 Å². The maximum atomic E-state index is 13.1. The molecule has 9 heteroatoms. The quantitative estimate of drug-likeness (QED) is 0.407. The lowest BCUT2D eigenvalue weighted by Crippen LogP contribution is -2.50. The second-order valence-electron chi connectivity index (χ2n) is 10.5. The summed E-state index contributed by atoms with van der Waals surface area (Å²) in [4.78, 5) is 38.4. The number of aromatic nitrogens is 2. The van der Waals surface area contributed by atoms with E-state index in [2.05, 4.69) is 32.3 Å². The Bertz CT molecular complexity index is 1280. The zero-order valence-corrected chi connectivity index (χ0v) is 23.5. The molecule has 0 radical (unpaired) electrons. The summed E-state index contributed by atoms with van der Waals surface area (Å²) >= 11 is 1.52. The number of aryl methyl sites for hydroxylation is 2. The largest absolute Gasteiger partial charge is 0.444 e. The minimum Gasteiger partial charge on any atom is -0.444 e. The van der Waals surface area contributed by atoms with Gasteiger partial charge < -0.3 is 19.9 Å². The lowest BCUT2D eigenvalue weighted by Gasteiger charge is -2.36. The second kappa shape index (κ2) is 11.9. The number of nitrogens with zero attached hydrogens (tertiary/aromatic N) is 4. The normalized spacial score (nSPS) is 13.8. The van der Waals surface area contributed by atoms with Crippen molar-refractivity contribution in [3.05, 3.63) is 77.1 Å². The molecular weight excluding hydrogens is 498 g/mol. The Balaban J connectivity index is 1.37. The number of rotatable bonds is 6. The fourth-order valence-electron chi connectivity index (χ4n) is 4.24. The van der Waals surface area contributed by atoms with Crippen LogP contribution in [-0.2, 0) is 10.5 Å². The highest BCUT2D eigenvalue weighted by molar-refractivity contribution is 7.98. The smallest absolute Gasteiger partial charge is 0.410 e. The molecule has 3 aromatic rings. The van der Waals surface area contributed by atoms with Crippen molar-refractivity contribution in [2.24, 2.45) is 0 Å². The summed E-state index contributed by atoms with van der Waals surface area (Å²) < 4.78 is 5.50. The molecule has 1 fully saturated rings. The molecule has 3 heterocycles. The first-order valence-corrected chi connectivity index (χ1v) is 13.7. The van der Waals surface area contributed by atoms with Crippen molar-refractivity contribution in [3.63, 3.8) is 0 Å². The van der Waals surface area contributed by atoms with Crippen molar-refractivity contribution in [2.45, 2.75) is 51.0 Å². The Labute approximate surface area is 228 Å². The van der Waals surface area contributed by atoms with Crippen molar-refractivity contribution in [1.82, 2.24) is 14.9 Å². The standard InChI is InChI=1S/C29H35N5O3S/c1-20-15-21(2)17-23(16-20)32-26(35)24-7-6-9-31-27(24)38-19-22-8-10-30-25(18-22)33-11-13-34(14-12-33)28(36)37-29(3,4)5/h6-10,15-18H,11-14,19H2,1-5H3,(H,32,35). The molecule has 1 aromatic carbocycles. The lowest BCUT2D eigenvalue weighted by atomic mass is 10.1. The predicted molar refractivity (Wildman–Crippen MR) is 152 cm³/mol. The highest BCUT2D eigenvalue weighted by Gasteiger charge is 2.26. The van der Waals surface area contributed by atoms with Gasteiger partial charge in [0.15, 0.2) is 0 Å². The van der Waals surface area contributed by atoms with Gasteiger partial charge in [-0.1, -0.05) is 6.07 Å². The number of nitrogens with one attached hydrogen (secondary N) is 1.